The Balaban J connectivity index is 0.00000264. The Morgan fingerprint density at radius 3 is 1.59 bits per heavy atom. The molecular weight excluding hydrogens is 1410 g/mol. The summed E-state index contributed by atoms with van der Waals surface area (Å²) in [7, 11) is 4.86. The van der Waals surface area contributed by atoms with Crippen molar-refractivity contribution >= 4 is 159 Å². The second-order valence-corrected chi connectivity index (χ2v) is 29.0. The highest BCUT2D eigenvalue weighted by molar-refractivity contribution is 8.77. The van der Waals surface area contributed by atoms with Gasteiger partial charge in [0.1, 0.15) is 72.2 Å². The van der Waals surface area contributed by atoms with E-state index in [-0.39, 0.29) is 30.9 Å². The zero-order valence-electron chi connectivity index (χ0n) is 50.7. The normalized spacial score (nSPS) is 27.9. The number of aromatic hydroxyl groups is 1. The first-order chi connectivity index (χ1) is 45.1. The SMILES string of the molecule is C[C@@H]1NC(=O)[C@@H]2CCCN2C(=O)[C@H](CC(N)=O)NC(=O)[C@@H]2CSSC[C@H](N)C(=O)N[C@H]3CSSC[C@H](NC1=O)C(=O)N[C@@H]([C@H](C)O)C(=O)NCC(=O)N[C@H](C(=O)O)CSSC[C@H](NC(=O)[C@H](Cc1ccc(O)cc1)NC(=O)[C@H](CCC(=O)O)NC3=O)C(=O)N2.O=C(O)C(F)(F)F. The molecule has 0 saturated carbocycles. The van der Waals surface area contributed by atoms with Crippen LogP contribution in [-0.2, 0) is 83.1 Å². The van der Waals surface area contributed by atoms with Crippen LogP contribution in [0.5, 0.6) is 5.75 Å². The zero-order chi connectivity index (χ0) is 71.7. The summed E-state index contributed by atoms with van der Waals surface area (Å²) in [5.41, 5.74) is 12.2. The number of phenols is 1. The van der Waals surface area contributed by atoms with E-state index in [4.69, 9.17) is 21.4 Å². The quantitative estimate of drug-likeness (QED) is 0.0809. The van der Waals surface area contributed by atoms with Gasteiger partial charge in [-0.2, -0.15) is 13.2 Å². The highest BCUT2D eigenvalue weighted by atomic mass is 33.1. The van der Waals surface area contributed by atoms with Gasteiger partial charge in [-0.15, -0.1) is 0 Å². The molecule has 4 bridgehead atoms. The summed E-state index contributed by atoms with van der Waals surface area (Å²) in [4.78, 5) is 218. The van der Waals surface area contributed by atoms with Gasteiger partial charge in [0.15, 0.2) is 0 Å². The number of hydrogen-bond acceptors (Lipinski definition) is 25. The van der Waals surface area contributed by atoms with Gasteiger partial charge in [-0.05, 0) is 50.8 Å². The number of benzene rings is 1. The number of halogens is 3. The van der Waals surface area contributed by atoms with E-state index in [2.05, 4.69) is 58.5 Å². The third kappa shape index (κ3) is 26.7. The summed E-state index contributed by atoms with van der Waals surface area (Å²) in [6.07, 6.45) is -9.20. The van der Waals surface area contributed by atoms with Gasteiger partial charge in [0, 0.05) is 53.9 Å². The summed E-state index contributed by atoms with van der Waals surface area (Å²) in [6, 6.07) is -14.7. The molecule has 5 rings (SSSR count). The number of carboxylic acid groups (broad SMARTS) is 3. The van der Waals surface area contributed by atoms with E-state index in [0.717, 1.165) is 76.6 Å². The van der Waals surface area contributed by atoms with Crippen molar-refractivity contribution in [1.29, 1.82) is 0 Å². The molecule has 532 valence electrons. The van der Waals surface area contributed by atoms with Gasteiger partial charge in [0.25, 0.3) is 0 Å². The van der Waals surface area contributed by atoms with Gasteiger partial charge in [0.2, 0.25) is 76.8 Å². The third-order valence-corrected chi connectivity index (χ3v) is 21.1. The number of carbonyl (C=O) groups is 16. The Kier molecular flexibility index (Phi) is 32.8. The van der Waals surface area contributed by atoms with Crippen molar-refractivity contribution in [2.75, 3.05) is 47.6 Å². The number of nitrogens with one attached hydrogen (secondary N) is 11. The number of rotatable bonds is 9. The Hall–Kier alpha value is -7.65. The maximum atomic E-state index is 14.8. The average Bonchev–Trinajstić information content (AvgIpc) is 1.50. The van der Waals surface area contributed by atoms with E-state index in [9.17, 15) is 106 Å². The van der Waals surface area contributed by atoms with Crippen molar-refractivity contribution in [2.24, 2.45) is 11.5 Å². The van der Waals surface area contributed by atoms with E-state index in [1.54, 1.807) is 0 Å². The molecule has 0 aromatic heterocycles. The molecule has 4 heterocycles. The van der Waals surface area contributed by atoms with Crippen molar-refractivity contribution in [3.05, 3.63) is 29.8 Å². The molecular formula is C52H71F3N14O21S6. The monoisotopic (exact) mass is 1480 g/mol. The molecule has 44 heteroatoms. The Morgan fingerprint density at radius 2 is 1.07 bits per heavy atom. The second-order valence-electron chi connectivity index (χ2n) is 21.3. The maximum Gasteiger partial charge on any atom is 0.490 e. The fraction of sp³-hybridized carbons (Fsp3) is 0.577. The van der Waals surface area contributed by atoms with E-state index in [1.165, 1.54) is 31.2 Å². The number of alkyl halides is 3. The number of nitrogens with zero attached hydrogens (tertiary/aromatic N) is 1. The molecule has 0 spiro atoms. The molecule has 4 saturated heterocycles. The summed E-state index contributed by atoms with van der Waals surface area (Å²) >= 11 is 0. The van der Waals surface area contributed by atoms with Crippen molar-refractivity contribution in [1.82, 2.24) is 63.4 Å². The Bertz CT molecular complexity index is 3060. The Labute approximate surface area is 567 Å². The lowest BCUT2D eigenvalue weighted by Gasteiger charge is -2.30. The average molecular weight is 1480 g/mol. The number of aliphatic carboxylic acids is 3. The van der Waals surface area contributed by atoms with Gasteiger partial charge < -0.3 is 100 Å². The predicted molar refractivity (Wildman–Crippen MR) is 341 cm³/mol. The minimum Gasteiger partial charge on any atom is -0.508 e. The van der Waals surface area contributed by atoms with E-state index < -0.39 is 240 Å². The number of aliphatic hydroxyl groups excluding tert-OH is 1. The number of primary amides is 1. The number of carbonyl (C=O) groups excluding carboxylic acids is 13. The van der Waals surface area contributed by atoms with E-state index in [0.29, 0.717) is 5.56 Å². The molecule has 0 radical (unpaired) electrons. The van der Waals surface area contributed by atoms with Gasteiger partial charge in [-0.25, -0.2) is 9.59 Å². The molecule has 96 heavy (non-hydrogen) atoms. The number of fused-ring (bicyclic) bond motifs is 20. The van der Waals surface area contributed by atoms with Crippen LogP contribution in [0.25, 0.3) is 0 Å². The van der Waals surface area contributed by atoms with Gasteiger partial charge in [0.05, 0.1) is 25.1 Å². The summed E-state index contributed by atoms with van der Waals surface area (Å²) in [6.45, 7) is 1.31. The second kappa shape index (κ2) is 38.9. The minimum atomic E-state index is -5.08. The van der Waals surface area contributed by atoms with Crippen LogP contribution in [0.4, 0.5) is 13.2 Å². The number of carboxylic acids is 3. The number of nitrogens with two attached hydrogens (primary N) is 2. The largest absolute Gasteiger partial charge is 0.508 e. The first-order valence-electron chi connectivity index (χ1n) is 28.6. The molecule has 4 aliphatic rings. The van der Waals surface area contributed by atoms with Crippen LogP contribution in [0.3, 0.4) is 0 Å². The highest BCUT2D eigenvalue weighted by Gasteiger charge is 2.42. The molecule has 13 amide bonds. The standard InChI is InChI=1S/C50H70N14O19S6.C2HF3O2/c1-21-39(71)59-32-19-87-86-16-29-43(75)56-26(9-10-37(69)70)41(73)57-27(12-23-5-7-24(66)8-6-23)42(74)61-31(18-88-89-20-33(50(82)83)55-36(68)14-53-48(80)38(22(2)65)63-46(32)78)45(77)62-30(17-85-84-15-25(51)40(72)60-29)44(76)58-28(13-35(52)67)49(81)64-11-3-4-34(64)47(79)54-21;3-2(4,5)1(6)7/h5-8,21-22,25-34,38,65-66H,3-4,9-20,51H2,1-2H3,(H2,52,67)(H,53,80)(H,54,79)(H,55,68)(H,56,75)(H,57,73)(H,58,76)(H,59,71)(H,60,72)(H,61,74)(H,62,77)(H,63,78)(H,69,70)(H,82,83);(H,6,7)/t21-,22-,25-,26-,27-,28-,29-,30-,31-,32-,33-,34-,38-;/m0./s1. The van der Waals surface area contributed by atoms with Gasteiger partial charge in [-0.3, -0.25) is 67.1 Å². The van der Waals surface area contributed by atoms with Crippen LogP contribution in [0.1, 0.15) is 51.5 Å². The van der Waals surface area contributed by atoms with Crippen molar-refractivity contribution in [3.8, 4) is 5.75 Å². The first kappa shape index (κ1) is 80.8. The molecule has 0 aliphatic carbocycles. The molecule has 0 unspecified atom stereocenters. The maximum absolute atomic E-state index is 14.8. The van der Waals surface area contributed by atoms with Crippen molar-refractivity contribution in [3.63, 3.8) is 0 Å². The van der Waals surface area contributed by atoms with Crippen molar-refractivity contribution < 1.29 is 115 Å². The lowest BCUT2D eigenvalue weighted by Crippen LogP contribution is -2.61. The number of phenolic OH excluding ortho intramolecular Hbond substituents is 1. The van der Waals surface area contributed by atoms with E-state index in [1.807, 2.05) is 0 Å². The first-order valence-corrected chi connectivity index (χ1v) is 36.1. The van der Waals surface area contributed by atoms with Gasteiger partial charge >= 0.3 is 24.1 Å². The summed E-state index contributed by atoms with van der Waals surface area (Å²) < 4.78 is 31.7. The lowest BCUT2D eigenvalue weighted by atomic mass is 10.0. The molecule has 20 N–H and O–H groups in total. The molecule has 4 aliphatic heterocycles. The number of hydrogen-bond donors (Lipinski definition) is 18. The minimum absolute atomic E-state index is 0.0143. The van der Waals surface area contributed by atoms with Gasteiger partial charge in [-0.1, -0.05) is 76.9 Å². The lowest BCUT2D eigenvalue weighted by molar-refractivity contribution is -0.192. The number of amides is 13. The van der Waals surface area contributed by atoms with Crippen molar-refractivity contribution in [2.45, 2.75) is 137 Å². The van der Waals surface area contributed by atoms with Crippen LogP contribution in [0, 0.1) is 0 Å². The molecule has 1 aromatic carbocycles. The van der Waals surface area contributed by atoms with Crippen LogP contribution in [0.15, 0.2) is 24.3 Å². The highest BCUT2D eigenvalue weighted by Crippen LogP contribution is 2.28. The summed E-state index contributed by atoms with van der Waals surface area (Å²) in [5.74, 6) is -22.5. The smallest absolute Gasteiger partial charge is 0.490 e. The van der Waals surface area contributed by atoms with Crippen LogP contribution in [0.2, 0.25) is 0 Å². The number of aliphatic hydroxyl groups is 1. The molecule has 1 aromatic rings. The molecule has 4 fully saturated rings. The van der Waals surface area contributed by atoms with Crippen LogP contribution >= 0.6 is 64.8 Å². The van der Waals surface area contributed by atoms with E-state index >= 15 is 0 Å². The fourth-order valence-electron chi connectivity index (χ4n) is 8.70. The fourth-order valence-corrected chi connectivity index (χ4v) is 15.6. The zero-order valence-corrected chi connectivity index (χ0v) is 55.6. The molecule has 13 atom stereocenters. The van der Waals surface area contributed by atoms with Crippen LogP contribution < -0.4 is 70.0 Å². The van der Waals surface area contributed by atoms with Crippen LogP contribution in [-0.4, -0.2) is 258 Å². The summed E-state index contributed by atoms with van der Waals surface area (Å²) in [5, 5.41) is 74.5. The molecule has 35 nitrogen and oxygen atoms in total. The predicted octanol–water partition coefficient (Wildman–Crippen LogP) is -5.74. The topological polar surface area (TPSA) is 562 Å². The Morgan fingerprint density at radius 1 is 0.604 bits per heavy atom. The third-order valence-electron chi connectivity index (χ3n) is 13.8.